The van der Waals surface area contributed by atoms with Crippen LogP contribution in [0.3, 0.4) is 0 Å². The third-order valence-corrected chi connectivity index (χ3v) is 4.01. The Morgan fingerprint density at radius 1 is 1.00 bits per heavy atom. The first-order chi connectivity index (χ1) is 8.66. The van der Waals surface area contributed by atoms with Crippen molar-refractivity contribution in [3.05, 3.63) is 48.0 Å². The summed E-state index contributed by atoms with van der Waals surface area (Å²) in [5, 5.41) is 1.86. The van der Waals surface area contributed by atoms with Crippen molar-refractivity contribution < 1.29 is 13.6 Å². The van der Waals surface area contributed by atoms with Gasteiger partial charge in [0, 0.05) is 25.7 Å². The standard InChI is InChI=1S/C14H8F2OS/c15-14(16)13(17)8-5-6-12-10(7-8)9-3-1-2-4-11(9)18-12/h1-7,14H. The smallest absolute Gasteiger partial charge is 0.288 e. The van der Waals surface area contributed by atoms with Crippen molar-refractivity contribution in [1.29, 1.82) is 0 Å². The number of ketones is 1. The lowest BCUT2D eigenvalue weighted by molar-refractivity contribution is 0.0679. The fourth-order valence-electron chi connectivity index (χ4n) is 2.01. The molecule has 1 nitrogen and oxygen atoms in total. The zero-order valence-corrected chi connectivity index (χ0v) is 10.0. The van der Waals surface area contributed by atoms with E-state index in [0.29, 0.717) is 0 Å². The summed E-state index contributed by atoms with van der Waals surface area (Å²) in [6.45, 7) is 0. The van der Waals surface area contributed by atoms with Crippen LogP contribution in [-0.2, 0) is 0 Å². The van der Waals surface area contributed by atoms with Crippen molar-refractivity contribution in [2.24, 2.45) is 0 Å². The summed E-state index contributed by atoms with van der Waals surface area (Å²) in [6, 6.07) is 12.5. The molecular weight excluding hydrogens is 254 g/mol. The van der Waals surface area contributed by atoms with Gasteiger partial charge in [-0.3, -0.25) is 4.79 Å². The molecule has 0 unspecified atom stereocenters. The van der Waals surface area contributed by atoms with Gasteiger partial charge in [0.05, 0.1) is 0 Å². The molecule has 0 spiro atoms. The van der Waals surface area contributed by atoms with Crippen LogP contribution in [0.4, 0.5) is 8.78 Å². The number of alkyl halides is 2. The molecule has 0 aliphatic carbocycles. The molecule has 1 aromatic heterocycles. The molecule has 18 heavy (non-hydrogen) atoms. The third kappa shape index (κ3) is 1.69. The van der Waals surface area contributed by atoms with Crippen LogP contribution in [0.1, 0.15) is 10.4 Å². The Balaban J connectivity index is 2.28. The molecule has 0 saturated carbocycles. The number of carbonyl (C=O) groups is 1. The Hall–Kier alpha value is -1.81. The second-order valence-corrected chi connectivity index (χ2v) is 5.06. The van der Waals surface area contributed by atoms with E-state index in [9.17, 15) is 13.6 Å². The Kier molecular flexibility index (Phi) is 2.59. The number of rotatable bonds is 2. The quantitative estimate of drug-likeness (QED) is 0.621. The number of benzene rings is 2. The topological polar surface area (TPSA) is 17.1 Å². The van der Waals surface area contributed by atoms with Gasteiger partial charge in [-0.05, 0) is 24.3 Å². The minimum atomic E-state index is -2.95. The highest BCUT2D eigenvalue weighted by Gasteiger charge is 2.18. The van der Waals surface area contributed by atoms with Crippen LogP contribution >= 0.6 is 11.3 Å². The fraction of sp³-hybridized carbons (Fsp3) is 0.0714. The van der Waals surface area contributed by atoms with Gasteiger partial charge in [-0.15, -0.1) is 11.3 Å². The minimum Gasteiger partial charge on any atom is -0.288 e. The molecule has 2 aromatic carbocycles. The molecule has 3 aromatic rings. The fourth-order valence-corrected chi connectivity index (χ4v) is 3.09. The van der Waals surface area contributed by atoms with Crippen molar-refractivity contribution in [2.45, 2.75) is 6.43 Å². The highest BCUT2D eigenvalue weighted by Crippen LogP contribution is 2.34. The van der Waals surface area contributed by atoms with E-state index in [-0.39, 0.29) is 5.56 Å². The molecule has 0 atom stereocenters. The summed E-state index contributed by atoms with van der Waals surface area (Å²) in [5.74, 6) is -1.12. The molecular formula is C14H8F2OS. The molecule has 0 aliphatic rings. The summed E-state index contributed by atoms with van der Waals surface area (Å²) >= 11 is 1.59. The maximum absolute atomic E-state index is 12.4. The van der Waals surface area contributed by atoms with Gasteiger partial charge < -0.3 is 0 Å². The van der Waals surface area contributed by atoms with Crippen LogP contribution in [0.15, 0.2) is 42.5 Å². The lowest BCUT2D eigenvalue weighted by Gasteiger charge is -1.99. The van der Waals surface area contributed by atoms with E-state index >= 15 is 0 Å². The molecule has 0 aliphatic heterocycles. The zero-order chi connectivity index (χ0) is 12.7. The van der Waals surface area contributed by atoms with E-state index in [2.05, 4.69) is 0 Å². The Bertz CT molecular complexity index is 746. The van der Waals surface area contributed by atoms with Gasteiger partial charge in [0.15, 0.2) is 0 Å². The van der Waals surface area contributed by atoms with Gasteiger partial charge in [-0.1, -0.05) is 18.2 Å². The predicted octanol–water partition coefficient (Wildman–Crippen LogP) is 4.50. The lowest BCUT2D eigenvalue weighted by atomic mass is 10.1. The van der Waals surface area contributed by atoms with Gasteiger partial charge in [0.1, 0.15) is 0 Å². The summed E-state index contributed by atoms with van der Waals surface area (Å²) in [5.41, 5.74) is 0.0704. The summed E-state index contributed by atoms with van der Waals surface area (Å²) in [4.78, 5) is 11.3. The highest BCUT2D eigenvalue weighted by atomic mass is 32.1. The second-order valence-electron chi connectivity index (χ2n) is 3.97. The number of Topliss-reactive ketones (excluding diaryl/α,β-unsaturated/α-hetero) is 1. The van der Waals surface area contributed by atoms with Crippen LogP contribution in [0, 0.1) is 0 Å². The number of hydrogen-bond acceptors (Lipinski definition) is 2. The summed E-state index contributed by atoms with van der Waals surface area (Å²) in [7, 11) is 0. The third-order valence-electron chi connectivity index (χ3n) is 2.86. The SMILES string of the molecule is O=C(c1ccc2sc3ccccc3c2c1)C(F)F. The highest BCUT2D eigenvalue weighted by molar-refractivity contribution is 7.25. The van der Waals surface area contributed by atoms with Crippen molar-refractivity contribution >= 4 is 37.3 Å². The Morgan fingerprint density at radius 2 is 1.72 bits per heavy atom. The Morgan fingerprint density at radius 3 is 2.50 bits per heavy atom. The molecule has 3 rings (SSSR count). The van der Waals surface area contributed by atoms with Crippen molar-refractivity contribution in [3.63, 3.8) is 0 Å². The van der Waals surface area contributed by atoms with Crippen LogP contribution in [0.5, 0.6) is 0 Å². The van der Waals surface area contributed by atoms with Gasteiger partial charge in [-0.25, -0.2) is 8.78 Å². The molecule has 90 valence electrons. The molecule has 0 bridgehead atoms. The zero-order valence-electron chi connectivity index (χ0n) is 9.19. The molecule has 0 amide bonds. The van der Waals surface area contributed by atoms with E-state index < -0.39 is 12.2 Å². The monoisotopic (exact) mass is 262 g/mol. The molecule has 1 heterocycles. The van der Waals surface area contributed by atoms with Crippen LogP contribution < -0.4 is 0 Å². The van der Waals surface area contributed by atoms with Gasteiger partial charge in [-0.2, -0.15) is 0 Å². The summed E-state index contributed by atoms with van der Waals surface area (Å²) in [6.07, 6.45) is -2.95. The van der Waals surface area contributed by atoms with Crippen molar-refractivity contribution in [3.8, 4) is 0 Å². The largest absolute Gasteiger partial charge is 0.300 e. The first kappa shape index (κ1) is 11.3. The summed E-state index contributed by atoms with van der Waals surface area (Å²) < 4.78 is 26.9. The Labute approximate surface area is 106 Å². The van der Waals surface area contributed by atoms with Crippen LogP contribution in [0.2, 0.25) is 0 Å². The maximum Gasteiger partial charge on any atom is 0.300 e. The molecule has 4 heteroatoms. The van der Waals surface area contributed by atoms with E-state index in [1.807, 2.05) is 24.3 Å². The number of thiophene rings is 1. The first-order valence-corrected chi connectivity index (χ1v) is 6.22. The average Bonchev–Trinajstić information content (AvgIpc) is 2.75. The predicted molar refractivity (Wildman–Crippen MR) is 69.7 cm³/mol. The van der Waals surface area contributed by atoms with Crippen LogP contribution in [0.25, 0.3) is 20.2 Å². The van der Waals surface area contributed by atoms with Crippen LogP contribution in [-0.4, -0.2) is 12.2 Å². The lowest BCUT2D eigenvalue weighted by Crippen LogP contribution is -2.09. The normalized spacial score (nSPS) is 11.5. The first-order valence-electron chi connectivity index (χ1n) is 5.40. The second kappa shape index (κ2) is 4.14. The number of carbonyl (C=O) groups excluding carboxylic acids is 1. The van der Waals surface area contributed by atoms with E-state index in [4.69, 9.17) is 0 Å². The molecule has 0 saturated heterocycles. The number of fused-ring (bicyclic) bond motifs is 3. The molecule has 0 radical (unpaired) electrons. The van der Waals surface area contributed by atoms with E-state index in [1.165, 1.54) is 6.07 Å². The molecule has 0 fully saturated rings. The van der Waals surface area contributed by atoms with Crippen molar-refractivity contribution in [2.75, 3.05) is 0 Å². The minimum absolute atomic E-state index is 0.0704. The van der Waals surface area contributed by atoms with Gasteiger partial charge >= 0.3 is 6.43 Å². The van der Waals surface area contributed by atoms with Gasteiger partial charge in [0.25, 0.3) is 0 Å². The van der Waals surface area contributed by atoms with Crippen molar-refractivity contribution in [1.82, 2.24) is 0 Å². The number of hydrogen-bond donors (Lipinski definition) is 0. The van der Waals surface area contributed by atoms with Gasteiger partial charge in [0.2, 0.25) is 5.78 Å². The molecule has 0 N–H and O–H groups in total. The van der Waals surface area contributed by atoms with E-state index in [1.54, 1.807) is 23.5 Å². The number of halogens is 2. The van der Waals surface area contributed by atoms with E-state index in [0.717, 1.165) is 20.2 Å². The average molecular weight is 262 g/mol. The maximum atomic E-state index is 12.4.